The molecular weight excluding hydrogens is 570 g/mol. The largest absolute Gasteiger partial charge is 0.478 e. The summed E-state index contributed by atoms with van der Waals surface area (Å²) >= 11 is 12.7. The van der Waals surface area contributed by atoms with Crippen LogP contribution in [0, 0.1) is 5.82 Å². The first-order chi connectivity index (χ1) is 19.8. The summed E-state index contributed by atoms with van der Waals surface area (Å²) in [7, 11) is 1.61. The van der Waals surface area contributed by atoms with E-state index in [0.717, 1.165) is 5.52 Å². The molecular formula is C30H25Cl2FN4O4. The van der Waals surface area contributed by atoms with Gasteiger partial charge in [0.2, 0.25) is 5.91 Å². The van der Waals surface area contributed by atoms with Crippen LogP contribution in [-0.4, -0.2) is 57.7 Å². The minimum atomic E-state index is -1.31. The second-order valence-corrected chi connectivity index (χ2v) is 11.6. The minimum absolute atomic E-state index is 0.0327. The van der Waals surface area contributed by atoms with E-state index in [1.807, 2.05) is 6.07 Å². The fourth-order valence-corrected chi connectivity index (χ4v) is 7.76. The molecule has 11 heteroatoms. The maximum Gasteiger partial charge on any atom is 0.335 e. The van der Waals surface area contributed by atoms with Gasteiger partial charge >= 0.3 is 5.97 Å². The number of aryl methyl sites for hydroxylation is 1. The molecule has 1 spiro atoms. The molecule has 0 unspecified atom stereocenters. The number of benzene rings is 3. The van der Waals surface area contributed by atoms with Crippen molar-refractivity contribution in [2.24, 2.45) is 0 Å². The molecule has 3 aromatic carbocycles. The number of hydrogen-bond acceptors (Lipinski definition) is 5. The SMILES string of the molecule is COCCN1[C@H]2CCn3c(nc4cc(C(=O)O)ccc43)[C@H]2[C@H](c2cccc(Cl)c2F)[C@]12C(=O)Nc1cc(Cl)ccc12. The smallest absolute Gasteiger partial charge is 0.335 e. The van der Waals surface area contributed by atoms with Crippen LogP contribution in [0.5, 0.6) is 0 Å². The summed E-state index contributed by atoms with van der Waals surface area (Å²) < 4.78 is 23.7. The standard InChI is InChI=1S/C30H25Cl2FN4O4/c1-41-12-11-37-23-9-10-36-22-8-5-15(28(38)39)13-21(22)34-27(36)24(23)25(17-3-2-4-19(32)26(17)33)30(37)18-7-6-16(31)14-20(18)35-29(30)40/h2-8,13-14,23-25H,9-12H2,1H3,(H,35,40)(H,38,39)/t23-,24+,25-,30+/m0/s1. The molecule has 1 amide bonds. The van der Waals surface area contributed by atoms with E-state index in [2.05, 4.69) is 14.8 Å². The number of nitrogens with zero attached hydrogens (tertiary/aromatic N) is 3. The molecule has 0 aliphatic carbocycles. The predicted molar refractivity (Wildman–Crippen MR) is 152 cm³/mol. The van der Waals surface area contributed by atoms with Crippen LogP contribution in [0.15, 0.2) is 54.6 Å². The Morgan fingerprint density at radius 2 is 2.05 bits per heavy atom. The van der Waals surface area contributed by atoms with E-state index in [-0.39, 0.29) is 22.5 Å². The molecule has 1 aromatic heterocycles. The molecule has 0 radical (unpaired) electrons. The third-order valence-electron chi connectivity index (χ3n) is 8.89. The number of carbonyl (C=O) groups is 2. The Kier molecular flexibility index (Phi) is 6.13. The van der Waals surface area contributed by atoms with E-state index in [1.54, 1.807) is 49.6 Å². The van der Waals surface area contributed by atoms with Crippen LogP contribution in [-0.2, 0) is 21.6 Å². The van der Waals surface area contributed by atoms with Crippen molar-refractivity contribution in [1.82, 2.24) is 14.5 Å². The van der Waals surface area contributed by atoms with Gasteiger partial charge in [0.1, 0.15) is 17.2 Å². The lowest BCUT2D eigenvalue weighted by Gasteiger charge is -2.39. The molecule has 210 valence electrons. The third kappa shape index (κ3) is 3.62. The van der Waals surface area contributed by atoms with Crippen LogP contribution in [0.4, 0.5) is 10.1 Å². The highest BCUT2D eigenvalue weighted by Crippen LogP contribution is 2.64. The molecule has 41 heavy (non-hydrogen) atoms. The Hall–Kier alpha value is -3.50. The number of aromatic nitrogens is 2. The van der Waals surface area contributed by atoms with Crippen molar-refractivity contribution in [2.45, 2.75) is 36.4 Å². The van der Waals surface area contributed by atoms with Crippen LogP contribution >= 0.6 is 23.2 Å². The maximum atomic E-state index is 16.1. The van der Waals surface area contributed by atoms with E-state index >= 15 is 4.39 Å². The van der Waals surface area contributed by atoms with Gasteiger partial charge in [0, 0.05) is 54.4 Å². The lowest BCUT2D eigenvalue weighted by Crippen LogP contribution is -2.53. The molecule has 4 heterocycles. The number of carboxylic acids is 1. The highest BCUT2D eigenvalue weighted by atomic mass is 35.5. The topological polar surface area (TPSA) is 96.7 Å². The van der Waals surface area contributed by atoms with Gasteiger partial charge in [0.15, 0.2) is 0 Å². The summed E-state index contributed by atoms with van der Waals surface area (Å²) in [5, 5.41) is 13.1. The summed E-state index contributed by atoms with van der Waals surface area (Å²) in [6.07, 6.45) is 0.657. The van der Waals surface area contributed by atoms with Crippen molar-refractivity contribution in [3.05, 3.63) is 93.0 Å². The van der Waals surface area contributed by atoms with Crippen molar-refractivity contribution in [2.75, 3.05) is 25.6 Å². The van der Waals surface area contributed by atoms with E-state index in [0.29, 0.717) is 59.3 Å². The number of hydrogen-bond donors (Lipinski definition) is 2. The lowest BCUT2D eigenvalue weighted by atomic mass is 9.70. The number of imidazole rings is 1. The van der Waals surface area contributed by atoms with Crippen molar-refractivity contribution in [3.63, 3.8) is 0 Å². The second kappa shape index (κ2) is 9.52. The van der Waals surface area contributed by atoms with Crippen molar-refractivity contribution in [3.8, 4) is 0 Å². The second-order valence-electron chi connectivity index (χ2n) is 10.7. The molecule has 3 aliphatic rings. The van der Waals surface area contributed by atoms with Crippen LogP contribution in [0.1, 0.15) is 45.6 Å². The first-order valence-corrected chi connectivity index (χ1v) is 14.1. The van der Waals surface area contributed by atoms with E-state index in [1.165, 1.54) is 6.07 Å². The highest BCUT2D eigenvalue weighted by molar-refractivity contribution is 6.31. The first-order valence-electron chi connectivity index (χ1n) is 13.3. The average molecular weight is 595 g/mol. The van der Waals surface area contributed by atoms with Gasteiger partial charge in [-0.15, -0.1) is 0 Å². The third-order valence-corrected chi connectivity index (χ3v) is 9.41. The summed E-state index contributed by atoms with van der Waals surface area (Å²) in [5.41, 5.74) is 1.76. The average Bonchev–Trinajstić information content (AvgIpc) is 3.56. The summed E-state index contributed by atoms with van der Waals surface area (Å²) in [4.78, 5) is 33.2. The number of likely N-dealkylation sites (tertiary alicyclic amines) is 1. The number of carbonyl (C=O) groups excluding carboxylic acids is 1. The Bertz CT molecular complexity index is 1760. The van der Waals surface area contributed by atoms with Gasteiger partial charge in [-0.1, -0.05) is 41.4 Å². The minimum Gasteiger partial charge on any atom is -0.478 e. The van der Waals surface area contributed by atoms with Crippen LogP contribution in [0.25, 0.3) is 11.0 Å². The van der Waals surface area contributed by atoms with Crippen LogP contribution < -0.4 is 5.32 Å². The van der Waals surface area contributed by atoms with Gasteiger partial charge in [-0.05, 0) is 48.4 Å². The number of aromatic carboxylic acids is 1. The van der Waals surface area contributed by atoms with E-state index in [9.17, 15) is 14.7 Å². The zero-order valence-electron chi connectivity index (χ0n) is 21.9. The van der Waals surface area contributed by atoms with Crippen molar-refractivity contribution < 1.29 is 23.8 Å². The van der Waals surface area contributed by atoms with Gasteiger partial charge in [0.05, 0.1) is 28.2 Å². The van der Waals surface area contributed by atoms with Crippen LogP contribution in [0.2, 0.25) is 10.0 Å². The van der Waals surface area contributed by atoms with E-state index in [4.69, 9.17) is 32.9 Å². The van der Waals surface area contributed by atoms with Gasteiger partial charge in [-0.2, -0.15) is 0 Å². The fourth-order valence-electron chi connectivity index (χ4n) is 7.40. The van der Waals surface area contributed by atoms with Gasteiger partial charge in [-0.25, -0.2) is 14.2 Å². The van der Waals surface area contributed by atoms with Crippen LogP contribution in [0.3, 0.4) is 0 Å². The fraction of sp³-hybridized carbons (Fsp3) is 0.300. The molecule has 3 aliphatic heterocycles. The Morgan fingerprint density at radius 3 is 2.83 bits per heavy atom. The number of ether oxygens (including phenoxy) is 1. The summed E-state index contributed by atoms with van der Waals surface area (Å²) in [5.74, 6) is -2.37. The zero-order chi connectivity index (χ0) is 28.6. The van der Waals surface area contributed by atoms with Gasteiger partial charge in [-0.3, -0.25) is 9.69 Å². The molecule has 1 saturated heterocycles. The normalized spacial score (nSPS) is 24.9. The monoisotopic (exact) mass is 594 g/mol. The van der Waals surface area contributed by atoms with Gasteiger partial charge in [0.25, 0.3) is 0 Å². The number of carboxylic acid groups (broad SMARTS) is 1. The molecule has 4 aromatic rings. The Morgan fingerprint density at radius 1 is 1.22 bits per heavy atom. The quantitative estimate of drug-likeness (QED) is 0.311. The highest BCUT2D eigenvalue weighted by Gasteiger charge is 2.68. The molecule has 8 nitrogen and oxygen atoms in total. The zero-order valence-corrected chi connectivity index (χ0v) is 23.4. The number of fused-ring (bicyclic) bond motifs is 7. The Balaban J connectivity index is 1.54. The van der Waals surface area contributed by atoms with Crippen molar-refractivity contribution >= 4 is 51.8 Å². The van der Waals surface area contributed by atoms with E-state index < -0.39 is 29.2 Å². The lowest BCUT2D eigenvalue weighted by molar-refractivity contribution is -0.128. The molecule has 1 fully saturated rings. The number of methoxy groups -OCH3 is 1. The number of amides is 1. The number of halogens is 3. The summed E-state index contributed by atoms with van der Waals surface area (Å²) in [6, 6.07) is 14.9. The molecule has 0 saturated carbocycles. The number of nitrogens with one attached hydrogen (secondary N) is 1. The summed E-state index contributed by atoms with van der Waals surface area (Å²) in [6.45, 7) is 1.36. The van der Waals surface area contributed by atoms with Gasteiger partial charge < -0.3 is 19.7 Å². The number of rotatable bonds is 5. The number of anilines is 1. The van der Waals surface area contributed by atoms with Crippen molar-refractivity contribution in [1.29, 1.82) is 0 Å². The molecule has 7 rings (SSSR count). The Labute approximate surface area is 244 Å². The maximum absolute atomic E-state index is 16.1. The predicted octanol–water partition coefficient (Wildman–Crippen LogP) is 5.63. The molecule has 0 bridgehead atoms. The first kappa shape index (κ1) is 26.4. The molecule has 4 atom stereocenters. The molecule has 2 N–H and O–H groups in total.